The van der Waals surface area contributed by atoms with E-state index < -0.39 is 0 Å². The summed E-state index contributed by atoms with van der Waals surface area (Å²) < 4.78 is 5.23. The van der Waals surface area contributed by atoms with Gasteiger partial charge in [0.05, 0.1) is 18.8 Å². The van der Waals surface area contributed by atoms with Crippen molar-refractivity contribution in [2.45, 2.75) is 39.8 Å². The summed E-state index contributed by atoms with van der Waals surface area (Å²) in [7, 11) is 0. The van der Waals surface area contributed by atoms with Gasteiger partial charge in [-0.15, -0.1) is 11.3 Å². The molecule has 6 nitrogen and oxygen atoms in total. The molecule has 24 heavy (non-hydrogen) atoms. The molecule has 1 amide bonds. The standard InChI is InChI=1S/C17H22N4O2S/c1-12-14(13(2)23-19-12)8-21-11-17(7-16(21)22)3-5-20(10-17)9-15-18-4-6-24-15/h4,6H,3,5,7-11H2,1-2H3/t17-/m0/s1. The number of hydrogen-bond acceptors (Lipinski definition) is 6. The second kappa shape index (κ2) is 5.97. The van der Waals surface area contributed by atoms with Gasteiger partial charge in [0.1, 0.15) is 10.8 Å². The van der Waals surface area contributed by atoms with E-state index in [0.717, 1.165) is 54.6 Å². The van der Waals surface area contributed by atoms with Crippen LogP contribution in [-0.2, 0) is 17.9 Å². The number of rotatable bonds is 4. The SMILES string of the molecule is Cc1noc(C)c1CN1C[C@@]2(CCN(Cc3nccs3)C2)CC1=O. The molecule has 2 aromatic rings. The number of carbonyl (C=O) groups excluding carboxylic acids is 1. The molecule has 0 saturated carbocycles. The number of hydrogen-bond donors (Lipinski definition) is 0. The molecule has 2 aliphatic heterocycles. The highest BCUT2D eigenvalue weighted by Crippen LogP contribution is 2.41. The highest BCUT2D eigenvalue weighted by molar-refractivity contribution is 7.09. The summed E-state index contributed by atoms with van der Waals surface area (Å²) >= 11 is 1.70. The molecule has 0 radical (unpaired) electrons. The lowest BCUT2D eigenvalue weighted by Crippen LogP contribution is -2.31. The minimum atomic E-state index is 0.104. The summed E-state index contributed by atoms with van der Waals surface area (Å²) in [5.41, 5.74) is 2.05. The lowest BCUT2D eigenvalue weighted by Gasteiger charge is -2.24. The largest absolute Gasteiger partial charge is 0.361 e. The number of aromatic nitrogens is 2. The van der Waals surface area contributed by atoms with Crippen molar-refractivity contribution in [1.29, 1.82) is 0 Å². The van der Waals surface area contributed by atoms with Crippen LogP contribution in [0.3, 0.4) is 0 Å². The maximum atomic E-state index is 12.6. The van der Waals surface area contributed by atoms with E-state index in [4.69, 9.17) is 4.52 Å². The molecule has 2 saturated heterocycles. The first-order chi connectivity index (χ1) is 11.5. The summed E-state index contributed by atoms with van der Waals surface area (Å²) in [6.07, 6.45) is 3.60. The Kier molecular flexibility index (Phi) is 3.92. The Labute approximate surface area is 145 Å². The predicted octanol–water partition coefficient (Wildman–Crippen LogP) is 2.37. The number of likely N-dealkylation sites (tertiary alicyclic amines) is 2. The first-order valence-electron chi connectivity index (χ1n) is 8.35. The Balaban J connectivity index is 1.42. The van der Waals surface area contributed by atoms with Crippen molar-refractivity contribution >= 4 is 17.2 Å². The van der Waals surface area contributed by atoms with Gasteiger partial charge in [0, 0.05) is 42.1 Å². The molecular formula is C17H22N4O2S. The molecule has 2 aromatic heterocycles. The molecule has 2 aliphatic rings. The average Bonchev–Trinajstić information content (AvgIpc) is 3.30. The number of carbonyl (C=O) groups is 1. The third-order valence-electron chi connectivity index (χ3n) is 5.30. The van der Waals surface area contributed by atoms with Gasteiger partial charge in [-0.1, -0.05) is 5.16 Å². The van der Waals surface area contributed by atoms with Crippen molar-refractivity contribution in [1.82, 2.24) is 19.9 Å². The molecule has 0 aliphatic carbocycles. The van der Waals surface area contributed by atoms with E-state index in [9.17, 15) is 4.79 Å². The second-order valence-corrected chi connectivity index (χ2v) is 8.09. The van der Waals surface area contributed by atoms with E-state index in [1.807, 2.05) is 30.3 Å². The fourth-order valence-electron chi connectivity index (χ4n) is 4.00. The number of thiazole rings is 1. The van der Waals surface area contributed by atoms with Crippen LogP contribution in [0.5, 0.6) is 0 Å². The summed E-state index contributed by atoms with van der Waals surface area (Å²) in [6.45, 7) is 8.24. The van der Waals surface area contributed by atoms with Crippen LogP contribution in [0, 0.1) is 19.3 Å². The van der Waals surface area contributed by atoms with Crippen molar-refractivity contribution in [3.05, 3.63) is 33.6 Å². The van der Waals surface area contributed by atoms with Crippen molar-refractivity contribution < 1.29 is 9.32 Å². The maximum absolute atomic E-state index is 12.6. The van der Waals surface area contributed by atoms with E-state index in [1.54, 1.807) is 11.3 Å². The highest BCUT2D eigenvalue weighted by atomic mass is 32.1. The Morgan fingerprint density at radius 1 is 1.33 bits per heavy atom. The first kappa shape index (κ1) is 15.8. The molecule has 0 N–H and O–H groups in total. The Hall–Kier alpha value is -1.73. The molecule has 4 rings (SSSR count). The number of amides is 1. The Morgan fingerprint density at radius 2 is 2.21 bits per heavy atom. The Morgan fingerprint density at radius 3 is 2.92 bits per heavy atom. The zero-order chi connectivity index (χ0) is 16.7. The van der Waals surface area contributed by atoms with E-state index >= 15 is 0 Å². The molecule has 4 heterocycles. The van der Waals surface area contributed by atoms with E-state index in [-0.39, 0.29) is 11.3 Å². The minimum absolute atomic E-state index is 0.104. The molecule has 1 atom stereocenters. The van der Waals surface area contributed by atoms with Gasteiger partial charge in [0.2, 0.25) is 5.91 Å². The normalized spacial score (nSPS) is 24.6. The predicted molar refractivity (Wildman–Crippen MR) is 90.5 cm³/mol. The average molecular weight is 346 g/mol. The van der Waals surface area contributed by atoms with Crippen LogP contribution in [0.15, 0.2) is 16.1 Å². The number of aryl methyl sites for hydroxylation is 2. The van der Waals surface area contributed by atoms with Gasteiger partial charge in [-0.2, -0.15) is 0 Å². The molecule has 1 spiro atoms. The summed E-state index contributed by atoms with van der Waals surface area (Å²) in [4.78, 5) is 21.4. The molecule has 128 valence electrons. The molecular weight excluding hydrogens is 324 g/mol. The van der Waals surface area contributed by atoms with Crippen molar-refractivity contribution in [2.75, 3.05) is 19.6 Å². The van der Waals surface area contributed by atoms with Gasteiger partial charge in [0.15, 0.2) is 0 Å². The third kappa shape index (κ3) is 2.86. The highest BCUT2D eigenvalue weighted by Gasteiger charge is 2.47. The van der Waals surface area contributed by atoms with Gasteiger partial charge in [-0.05, 0) is 26.8 Å². The monoisotopic (exact) mass is 346 g/mol. The van der Waals surface area contributed by atoms with Crippen LogP contribution >= 0.6 is 11.3 Å². The fraction of sp³-hybridized carbons (Fsp3) is 0.588. The quantitative estimate of drug-likeness (QED) is 0.850. The fourth-order valence-corrected chi connectivity index (χ4v) is 4.66. The van der Waals surface area contributed by atoms with Crippen molar-refractivity contribution in [3.63, 3.8) is 0 Å². The van der Waals surface area contributed by atoms with Crippen LogP contribution in [-0.4, -0.2) is 45.5 Å². The van der Waals surface area contributed by atoms with Gasteiger partial charge < -0.3 is 9.42 Å². The third-order valence-corrected chi connectivity index (χ3v) is 6.06. The van der Waals surface area contributed by atoms with E-state index in [1.165, 1.54) is 0 Å². The van der Waals surface area contributed by atoms with Crippen LogP contribution < -0.4 is 0 Å². The number of nitrogens with zero attached hydrogens (tertiary/aromatic N) is 4. The van der Waals surface area contributed by atoms with Crippen LogP contribution in [0.2, 0.25) is 0 Å². The summed E-state index contributed by atoms with van der Waals surface area (Å²) in [6, 6.07) is 0. The van der Waals surface area contributed by atoms with Crippen LogP contribution in [0.4, 0.5) is 0 Å². The minimum Gasteiger partial charge on any atom is -0.361 e. The van der Waals surface area contributed by atoms with E-state index in [0.29, 0.717) is 13.0 Å². The topological polar surface area (TPSA) is 62.5 Å². The van der Waals surface area contributed by atoms with Gasteiger partial charge in [-0.3, -0.25) is 9.69 Å². The molecule has 0 unspecified atom stereocenters. The first-order valence-corrected chi connectivity index (χ1v) is 9.23. The smallest absolute Gasteiger partial charge is 0.223 e. The zero-order valence-corrected chi connectivity index (χ0v) is 14.9. The maximum Gasteiger partial charge on any atom is 0.223 e. The van der Waals surface area contributed by atoms with Crippen LogP contribution in [0.25, 0.3) is 0 Å². The lowest BCUT2D eigenvalue weighted by atomic mass is 9.86. The summed E-state index contributed by atoms with van der Waals surface area (Å²) in [5.74, 6) is 1.07. The van der Waals surface area contributed by atoms with Crippen molar-refractivity contribution in [3.8, 4) is 0 Å². The molecule has 7 heteroatoms. The lowest BCUT2D eigenvalue weighted by molar-refractivity contribution is -0.128. The second-order valence-electron chi connectivity index (χ2n) is 7.12. The van der Waals surface area contributed by atoms with Crippen LogP contribution in [0.1, 0.15) is 34.9 Å². The molecule has 0 aromatic carbocycles. The van der Waals surface area contributed by atoms with E-state index in [2.05, 4.69) is 15.0 Å². The van der Waals surface area contributed by atoms with Gasteiger partial charge in [-0.25, -0.2) is 4.98 Å². The molecule has 2 fully saturated rings. The zero-order valence-electron chi connectivity index (χ0n) is 14.1. The summed E-state index contributed by atoms with van der Waals surface area (Å²) in [5, 5.41) is 7.17. The Bertz CT molecular complexity index is 722. The van der Waals surface area contributed by atoms with Crippen molar-refractivity contribution in [2.24, 2.45) is 5.41 Å². The molecule has 0 bridgehead atoms. The van der Waals surface area contributed by atoms with Gasteiger partial charge in [0.25, 0.3) is 0 Å². The van der Waals surface area contributed by atoms with Gasteiger partial charge >= 0.3 is 0 Å².